The second-order valence-corrected chi connectivity index (χ2v) is 7.88. The Labute approximate surface area is 168 Å². The van der Waals surface area contributed by atoms with E-state index in [4.69, 9.17) is 0 Å². The maximum absolute atomic E-state index is 9.28. The molecule has 0 saturated heterocycles. The van der Waals surface area contributed by atoms with E-state index in [1.807, 2.05) is 0 Å². The van der Waals surface area contributed by atoms with E-state index in [1.54, 1.807) is 0 Å². The lowest BCUT2D eigenvalue weighted by Crippen LogP contribution is -2.26. The van der Waals surface area contributed by atoms with Crippen molar-refractivity contribution in [3.05, 3.63) is 82.9 Å². The largest absolute Gasteiger partial charge is 0.395 e. The number of hydrogen-bond acceptors (Lipinski definition) is 2. The first-order chi connectivity index (χ1) is 13.7. The van der Waals surface area contributed by atoms with Gasteiger partial charge in [0, 0.05) is 13.1 Å². The summed E-state index contributed by atoms with van der Waals surface area (Å²) in [5.41, 5.74) is 10.8. The van der Waals surface area contributed by atoms with Gasteiger partial charge in [-0.3, -0.25) is 4.90 Å². The summed E-state index contributed by atoms with van der Waals surface area (Å²) in [7, 11) is 0. The second-order valence-electron chi connectivity index (χ2n) is 7.88. The molecule has 0 atom stereocenters. The fourth-order valence-electron chi connectivity index (χ4n) is 4.44. The van der Waals surface area contributed by atoms with E-state index in [0.29, 0.717) is 0 Å². The highest BCUT2D eigenvalue weighted by molar-refractivity contribution is 5.79. The van der Waals surface area contributed by atoms with Crippen LogP contribution in [0.4, 0.5) is 0 Å². The normalized spacial score (nSPS) is 14.5. The van der Waals surface area contributed by atoms with Gasteiger partial charge in [-0.25, -0.2) is 0 Å². The number of nitrogens with zero attached hydrogens (tertiary/aromatic N) is 1. The van der Waals surface area contributed by atoms with Gasteiger partial charge in [-0.1, -0.05) is 60.7 Å². The van der Waals surface area contributed by atoms with Crippen LogP contribution >= 0.6 is 0 Å². The van der Waals surface area contributed by atoms with E-state index < -0.39 is 0 Å². The number of fused-ring (bicyclic) bond motifs is 1. The molecule has 0 radical (unpaired) electrons. The van der Waals surface area contributed by atoms with Gasteiger partial charge in [-0.2, -0.15) is 0 Å². The fourth-order valence-corrected chi connectivity index (χ4v) is 4.44. The molecule has 144 valence electrons. The predicted molar refractivity (Wildman–Crippen MR) is 117 cm³/mol. The van der Waals surface area contributed by atoms with E-state index in [-0.39, 0.29) is 6.61 Å². The Hall–Kier alpha value is -2.42. The Morgan fingerprint density at radius 3 is 2.46 bits per heavy atom. The quantitative estimate of drug-likeness (QED) is 0.666. The summed E-state index contributed by atoms with van der Waals surface area (Å²) in [6.45, 7) is 7.43. The number of hydrogen-bond donors (Lipinski definition) is 1. The maximum Gasteiger partial charge on any atom is 0.0558 e. The fraction of sp³-hybridized carbons (Fsp3) is 0.308. The zero-order valence-electron chi connectivity index (χ0n) is 16.9. The molecule has 3 aromatic rings. The molecule has 4 rings (SSSR count). The minimum atomic E-state index is 0.234. The van der Waals surface area contributed by atoms with Crippen molar-refractivity contribution < 1.29 is 5.11 Å². The molecular weight excluding hydrogens is 342 g/mol. The van der Waals surface area contributed by atoms with E-state index in [1.165, 1.54) is 44.5 Å². The Balaban J connectivity index is 1.72. The summed E-state index contributed by atoms with van der Waals surface area (Å²) in [5, 5.41) is 9.28. The van der Waals surface area contributed by atoms with Crippen LogP contribution in [-0.2, 0) is 13.0 Å². The molecule has 1 aliphatic rings. The topological polar surface area (TPSA) is 23.5 Å². The van der Waals surface area contributed by atoms with Crippen LogP contribution in [0.5, 0.6) is 0 Å². The van der Waals surface area contributed by atoms with Gasteiger partial charge in [-0.05, 0) is 77.7 Å². The van der Waals surface area contributed by atoms with Crippen LogP contribution in [-0.4, -0.2) is 29.7 Å². The van der Waals surface area contributed by atoms with Gasteiger partial charge in [0.05, 0.1) is 6.61 Å². The molecule has 0 unspecified atom stereocenters. The zero-order chi connectivity index (χ0) is 19.5. The molecule has 0 amide bonds. The van der Waals surface area contributed by atoms with E-state index in [2.05, 4.69) is 79.4 Å². The smallest absolute Gasteiger partial charge is 0.0558 e. The molecule has 0 bridgehead atoms. The molecule has 2 heteroatoms. The van der Waals surface area contributed by atoms with Crippen molar-refractivity contribution in [1.29, 1.82) is 0 Å². The van der Waals surface area contributed by atoms with Crippen molar-refractivity contribution >= 4 is 0 Å². The first-order valence-electron chi connectivity index (χ1n) is 10.3. The lowest BCUT2D eigenvalue weighted by molar-refractivity contribution is 0.192. The van der Waals surface area contributed by atoms with Gasteiger partial charge in [-0.15, -0.1) is 0 Å². The number of β-amino-alcohol motifs (C(OH)–C–C–N with tert-alkyl or cyclic N) is 1. The van der Waals surface area contributed by atoms with Gasteiger partial charge in [0.25, 0.3) is 0 Å². The molecule has 0 aromatic heterocycles. The number of rotatable bonds is 4. The van der Waals surface area contributed by atoms with Crippen LogP contribution in [0.25, 0.3) is 22.3 Å². The van der Waals surface area contributed by atoms with Crippen LogP contribution in [0, 0.1) is 13.8 Å². The van der Waals surface area contributed by atoms with Gasteiger partial charge in [0.15, 0.2) is 0 Å². The van der Waals surface area contributed by atoms with E-state index in [9.17, 15) is 5.11 Å². The standard InChI is InChI=1S/C26H29NO/c1-19-7-3-4-9-24(19)26-11-5-10-25(20(26)2)22-12-13-23-18-27(15-16-28)14-6-8-21(23)17-22/h3-5,7,9-13,17,28H,6,8,14-16,18H2,1-2H3. The molecular formula is C26H29NO. The molecule has 0 saturated carbocycles. The number of benzene rings is 3. The molecule has 0 spiro atoms. The Bertz CT molecular complexity index is 976. The van der Waals surface area contributed by atoms with E-state index >= 15 is 0 Å². The molecule has 3 aromatic carbocycles. The van der Waals surface area contributed by atoms with Crippen LogP contribution in [0.1, 0.15) is 28.7 Å². The SMILES string of the molecule is Cc1ccccc1-c1cccc(-c2ccc3c(c2)CCCN(CCO)C3)c1C. The molecule has 1 N–H and O–H groups in total. The van der Waals surface area contributed by atoms with Crippen LogP contribution in [0.3, 0.4) is 0 Å². The van der Waals surface area contributed by atoms with Crippen LogP contribution < -0.4 is 0 Å². The minimum Gasteiger partial charge on any atom is -0.395 e. The predicted octanol–water partition coefficient (Wildman–Crippen LogP) is 5.38. The van der Waals surface area contributed by atoms with Crippen molar-refractivity contribution in [2.45, 2.75) is 33.2 Å². The van der Waals surface area contributed by atoms with Gasteiger partial charge in [0.2, 0.25) is 0 Å². The third-order valence-corrected chi connectivity index (χ3v) is 6.02. The number of aliphatic hydroxyl groups excluding tert-OH is 1. The number of aryl methyl sites for hydroxylation is 2. The van der Waals surface area contributed by atoms with Gasteiger partial charge in [0.1, 0.15) is 0 Å². The maximum atomic E-state index is 9.28. The van der Waals surface area contributed by atoms with Crippen molar-refractivity contribution in [3.63, 3.8) is 0 Å². The molecule has 2 nitrogen and oxygen atoms in total. The van der Waals surface area contributed by atoms with Crippen LogP contribution in [0.15, 0.2) is 60.7 Å². The third kappa shape index (κ3) is 3.76. The Morgan fingerprint density at radius 1 is 0.857 bits per heavy atom. The van der Waals surface area contributed by atoms with Crippen LogP contribution in [0.2, 0.25) is 0 Å². The monoisotopic (exact) mass is 371 g/mol. The van der Waals surface area contributed by atoms with E-state index in [0.717, 1.165) is 32.5 Å². The highest BCUT2D eigenvalue weighted by Gasteiger charge is 2.16. The average Bonchev–Trinajstić information content (AvgIpc) is 2.90. The summed E-state index contributed by atoms with van der Waals surface area (Å²) in [4.78, 5) is 2.36. The Morgan fingerprint density at radius 2 is 1.64 bits per heavy atom. The molecule has 0 aliphatic carbocycles. The first kappa shape index (κ1) is 18.9. The summed E-state index contributed by atoms with van der Waals surface area (Å²) in [5.74, 6) is 0. The second kappa shape index (κ2) is 8.30. The zero-order valence-corrected chi connectivity index (χ0v) is 16.9. The summed E-state index contributed by atoms with van der Waals surface area (Å²) >= 11 is 0. The first-order valence-corrected chi connectivity index (χ1v) is 10.3. The highest BCUT2D eigenvalue weighted by Crippen LogP contribution is 2.34. The van der Waals surface area contributed by atoms with Crippen molar-refractivity contribution in [3.8, 4) is 22.3 Å². The molecule has 28 heavy (non-hydrogen) atoms. The summed E-state index contributed by atoms with van der Waals surface area (Å²) in [6, 6.07) is 22.2. The van der Waals surface area contributed by atoms with Gasteiger partial charge >= 0.3 is 0 Å². The lowest BCUT2D eigenvalue weighted by Gasteiger charge is -2.19. The lowest BCUT2D eigenvalue weighted by atomic mass is 9.89. The third-order valence-electron chi connectivity index (χ3n) is 6.02. The average molecular weight is 372 g/mol. The molecule has 1 heterocycles. The Kier molecular flexibility index (Phi) is 5.61. The summed E-state index contributed by atoms with van der Waals surface area (Å²) in [6.07, 6.45) is 2.26. The summed E-state index contributed by atoms with van der Waals surface area (Å²) < 4.78 is 0. The van der Waals surface area contributed by atoms with Gasteiger partial charge < -0.3 is 5.11 Å². The minimum absolute atomic E-state index is 0.234. The molecule has 1 aliphatic heterocycles. The van der Waals surface area contributed by atoms with Crippen molar-refractivity contribution in [2.75, 3.05) is 19.7 Å². The molecule has 0 fully saturated rings. The van der Waals surface area contributed by atoms with Crippen molar-refractivity contribution in [2.24, 2.45) is 0 Å². The highest BCUT2D eigenvalue weighted by atomic mass is 16.3. The van der Waals surface area contributed by atoms with Crippen molar-refractivity contribution in [1.82, 2.24) is 4.90 Å². The number of aliphatic hydroxyl groups is 1.